The van der Waals surface area contributed by atoms with E-state index in [-0.39, 0.29) is 28.7 Å². The zero-order valence-electron chi connectivity index (χ0n) is 24.3. The fourth-order valence-electron chi connectivity index (χ4n) is 8.19. The van der Waals surface area contributed by atoms with Gasteiger partial charge in [0.25, 0.3) is 0 Å². The molecule has 4 aliphatic rings. The SMILES string of the molecule is C#Cc1c(F)ccc2cccc(-c3cc4c5c(nc(OCC67CCCN6CCC7)nc5c3F)N3CCNCC3CCC4)c12. The van der Waals surface area contributed by atoms with Gasteiger partial charge >= 0.3 is 6.01 Å². The standard InChI is InChI=1S/C35H35F2N5O/c1-2-25-28(36)12-11-22-7-4-10-26(29(22)25)27-19-23-8-3-9-24-20-38-15-18-42(24)33-30(23)32(31(27)37)39-34(40-33)43-21-35-13-5-16-41(35)17-6-14-35/h1,4,7,10-12,19,24,38H,3,5-6,8-9,13-18,20-21H2. The van der Waals surface area contributed by atoms with E-state index >= 15 is 4.39 Å². The molecule has 1 aromatic heterocycles. The van der Waals surface area contributed by atoms with Crippen molar-refractivity contribution in [1.82, 2.24) is 20.2 Å². The summed E-state index contributed by atoms with van der Waals surface area (Å²) in [6.07, 6.45) is 13.1. The van der Waals surface area contributed by atoms with E-state index in [1.54, 1.807) is 6.07 Å². The summed E-state index contributed by atoms with van der Waals surface area (Å²) < 4.78 is 38.3. The van der Waals surface area contributed by atoms with E-state index < -0.39 is 11.6 Å². The second-order valence-electron chi connectivity index (χ2n) is 12.6. The topological polar surface area (TPSA) is 53.5 Å². The number of ether oxygens (including phenoxy) is 1. The second-order valence-corrected chi connectivity index (χ2v) is 12.6. The number of anilines is 1. The zero-order valence-corrected chi connectivity index (χ0v) is 24.3. The van der Waals surface area contributed by atoms with Crippen molar-refractivity contribution in [3.05, 3.63) is 59.2 Å². The molecule has 3 aromatic carbocycles. The van der Waals surface area contributed by atoms with Crippen LogP contribution in [0.15, 0.2) is 36.4 Å². The van der Waals surface area contributed by atoms with Crippen molar-refractivity contribution in [2.45, 2.75) is 56.5 Å². The van der Waals surface area contributed by atoms with E-state index in [0.717, 1.165) is 87.0 Å². The summed E-state index contributed by atoms with van der Waals surface area (Å²) in [5.41, 5.74) is 2.36. The quantitative estimate of drug-likeness (QED) is 0.307. The number of hydrogen-bond acceptors (Lipinski definition) is 6. The lowest BCUT2D eigenvalue weighted by molar-refractivity contribution is 0.108. The lowest BCUT2D eigenvalue weighted by Crippen LogP contribution is -2.52. The minimum Gasteiger partial charge on any atom is -0.461 e. The first-order chi connectivity index (χ1) is 21.1. The molecule has 4 aliphatic heterocycles. The highest BCUT2D eigenvalue weighted by molar-refractivity contribution is 6.04. The van der Waals surface area contributed by atoms with Gasteiger partial charge in [0.1, 0.15) is 23.8 Å². The van der Waals surface area contributed by atoms with Gasteiger partial charge in [-0.05, 0) is 86.7 Å². The van der Waals surface area contributed by atoms with Crippen molar-refractivity contribution in [2.24, 2.45) is 0 Å². The van der Waals surface area contributed by atoms with Crippen LogP contribution in [0.2, 0.25) is 0 Å². The first-order valence-electron chi connectivity index (χ1n) is 15.6. The maximum atomic E-state index is 17.0. The molecule has 6 nitrogen and oxygen atoms in total. The van der Waals surface area contributed by atoms with Crippen LogP contribution in [0, 0.1) is 24.0 Å². The van der Waals surface area contributed by atoms with Gasteiger partial charge in [0.05, 0.1) is 11.1 Å². The summed E-state index contributed by atoms with van der Waals surface area (Å²) in [6, 6.07) is 11.0. The number of aromatic nitrogens is 2. The molecule has 0 saturated carbocycles. The molecule has 5 heterocycles. The minimum atomic E-state index is -0.490. The van der Waals surface area contributed by atoms with Gasteiger partial charge in [0.2, 0.25) is 0 Å². The molecule has 0 amide bonds. The number of piperazine rings is 1. The van der Waals surface area contributed by atoms with Crippen LogP contribution >= 0.6 is 0 Å². The van der Waals surface area contributed by atoms with Crippen LogP contribution in [0.4, 0.5) is 14.6 Å². The average Bonchev–Trinajstić information content (AvgIpc) is 3.61. The van der Waals surface area contributed by atoms with E-state index in [0.29, 0.717) is 23.1 Å². The highest BCUT2D eigenvalue weighted by atomic mass is 19.1. The second kappa shape index (κ2) is 10.4. The van der Waals surface area contributed by atoms with E-state index in [1.165, 1.54) is 18.9 Å². The first-order valence-corrected chi connectivity index (χ1v) is 15.6. The third-order valence-corrected chi connectivity index (χ3v) is 10.3. The summed E-state index contributed by atoms with van der Waals surface area (Å²) in [6.45, 7) is 5.19. The lowest BCUT2D eigenvalue weighted by Gasteiger charge is -2.39. The molecule has 0 spiro atoms. The predicted octanol–water partition coefficient (Wildman–Crippen LogP) is 5.83. The van der Waals surface area contributed by atoms with Gasteiger partial charge in [0.15, 0.2) is 5.82 Å². The maximum Gasteiger partial charge on any atom is 0.319 e. The van der Waals surface area contributed by atoms with Crippen LogP contribution in [-0.2, 0) is 6.42 Å². The first kappa shape index (κ1) is 26.8. The van der Waals surface area contributed by atoms with Crippen LogP contribution in [0.1, 0.15) is 49.7 Å². The molecule has 8 heteroatoms. The Balaban J connectivity index is 1.34. The predicted molar refractivity (Wildman–Crippen MR) is 166 cm³/mol. The van der Waals surface area contributed by atoms with Gasteiger partial charge in [-0.2, -0.15) is 9.97 Å². The fraction of sp³-hybridized carbons (Fsp3) is 0.429. The van der Waals surface area contributed by atoms with Gasteiger partial charge in [-0.3, -0.25) is 4.90 Å². The maximum absolute atomic E-state index is 17.0. The Morgan fingerprint density at radius 1 is 1.02 bits per heavy atom. The molecule has 1 atom stereocenters. The van der Waals surface area contributed by atoms with Crippen LogP contribution < -0.4 is 15.0 Å². The Bertz CT molecular complexity index is 1790. The Kier molecular flexibility index (Phi) is 6.50. The van der Waals surface area contributed by atoms with E-state index in [2.05, 4.69) is 21.0 Å². The van der Waals surface area contributed by atoms with E-state index in [9.17, 15) is 4.39 Å². The molecule has 1 N–H and O–H groups in total. The number of fused-ring (bicyclic) bond motifs is 4. The van der Waals surface area contributed by atoms with Crippen molar-refractivity contribution in [3.63, 3.8) is 0 Å². The number of nitrogens with zero attached hydrogens (tertiary/aromatic N) is 4. The Morgan fingerprint density at radius 3 is 2.72 bits per heavy atom. The largest absolute Gasteiger partial charge is 0.461 e. The Labute approximate surface area is 250 Å². The number of nitrogens with one attached hydrogen (secondary N) is 1. The van der Waals surface area contributed by atoms with Crippen molar-refractivity contribution >= 4 is 27.5 Å². The van der Waals surface area contributed by atoms with Gasteiger partial charge < -0.3 is 15.0 Å². The summed E-state index contributed by atoms with van der Waals surface area (Å²) in [5, 5.41) is 5.58. The molecule has 3 saturated heterocycles. The molecule has 8 rings (SSSR count). The molecule has 0 radical (unpaired) electrons. The third-order valence-electron chi connectivity index (χ3n) is 10.3. The summed E-state index contributed by atoms with van der Waals surface area (Å²) in [4.78, 5) is 14.7. The molecule has 0 aliphatic carbocycles. The van der Waals surface area contributed by atoms with Crippen molar-refractivity contribution in [1.29, 1.82) is 0 Å². The van der Waals surface area contributed by atoms with Gasteiger partial charge in [0, 0.05) is 42.0 Å². The zero-order chi connectivity index (χ0) is 29.1. The fourth-order valence-corrected chi connectivity index (χ4v) is 8.19. The van der Waals surface area contributed by atoms with Crippen molar-refractivity contribution in [3.8, 4) is 29.5 Å². The highest BCUT2D eigenvalue weighted by Gasteiger charge is 2.45. The van der Waals surface area contributed by atoms with Gasteiger partial charge in [-0.1, -0.05) is 30.2 Å². The average molecular weight is 580 g/mol. The number of aryl methyl sites for hydroxylation is 1. The number of benzene rings is 3. The van der Waals surface area contributed by atoms with Crippen LogP contribution in [0.3, 0.4) is 0 Å². The molecule has 0 bridgehead atoms. The Hall–Kier alpha value is -3.80. The number of hydrogen-bond donors (Lipinski definition) is 1. The van der Waals surface area contributed by atoms with Gasteiger partial charge in [-0.25, -0.2) is 8.78 Å². The van der Waals surface area contributed by atoms with Crippen LogP contribution in [0.5, 0.6) is 6.01 Å². The number of rotatable bonds is 4. The van der Waals surface area contributed by atoms with Crippen LogP contribution in [-0.4, -0.2) is 65.8 Å². The van der Waals surface area contributed by atoms with Crippen LogP contribution in [0.25, 0.3) is 32.8 Å². The molecule has 1 unspecified atom stereocenters. The molecular weight excluding hydrogens is 544 g/mol. The summed E-state index contributed by atoms with van der Waals surface area (Å²) in [5.74, 6) is 2.32. The third kappa shape index (κ3) is 4.28. The normalized spacial score (nSPS) is 21.3. The number of halogens is 2. The molecule has 220 valence electrons. The van der Waals surface area contributed by atoms with E-state index in [1.807, 2.05) is 24.3 Å². The lowest BCUT2D eigenvalue weighted by atomic mass is 9.89. The molecular formula is C35H35F2N5O. The molecule has 4 aromatic rings. The number of terminal acetylenes is 1. The molecule has 43 heavy (non-hydrogen) atoms. The summed E-state index contributed by atoms with van der Waals surface area (Å²) >= 11 is 0. The van der Waals surface area contributed by atoms with Crippen molar-refractivity contribution < 1.29 is 13.5 Å². The Morgan fingerprint density at radius 2 is 1.88 bits per heavy atom. The van der Waals surface area contributed by atoms with Crippen molar-refractivity contribution in [2.75, 3.05) is 44.2 Å². The minimum absolute atomic E-state index is 0.0195. The van der Waals surface area contributed by atoms with E-state index in [4.69, 9.17) is 21.1 Å². The molecule has 3 fully saturated rings. The van der Waals surface area contributed by atoms with Gasteiger partial charge in [-0.15, -0.1) is 6.42 Å². The smallest absolute Gasteiger partial charge is 0.319 e. The highest BCUT2D eigenvalue weighted by Crippen LogP contribution is 2.43. The summed E-state index contributed by atoms with van der Waals surface area (Å²) in [7, 11) is 0. The monoisotopic (exact) mass is 579 g/mol.